The molecule has 0 aromatic carbocycles. The molecule has 0 aliphatic carbocycles. The third kappa shape index (κ3) is 2.53. The summed E-state index contributed by atoms with van der Waals surface area (Å²) < 4.78 is 24.4. The Kier molecular flexibility index (Phi) is 3.92. The van der Waals surface area contributed by atoms with Gasteiger partial charge in [0.2, 0.25) is 9.84 Å². The van der Waals surface area contributed by atoms with Gasteiger partial charge in [-0.3, -0.25) is 0 Å². The van der Waals surface area contributed by atoms with Gasteiger partial charge in [-0.1, -0.05) is 13.8 Å². The second-order valence-electron chi connectivity index (χ2n) is 3.72. The standard InChI is InChI=1S/C9H13BrN2O3S/c1-5(2)9(13)16(14,15)7-3-6(10)4-12-8(7)11/h3-5,9,13H,1-2H3,(H2,11,12). The summed E-state index contributed by atoms with van der Waals surface area (Å²) in [5.74, 6) is -0.522. The molecule has 1 rings (SSSR count). The van der Waals surface area contributed by atoms with E-state index >= 15 is 0 Å². The van der Waals surface area contributed by atoms with Crippen molar-refractivity contribution in [1.82, 2.24) is 4.98 Å². The monoisotopic (exact) mass is 308 g/mol. The van der Waals surface area contributed by atoms with Crippen molar-refractivity contribution in [2.45, 2.75) is 24.2 Å². The molecule has 0 fully saturated rings. The molecule has 16 heavy (non-hydrogen) atoms. The highest BCUT2D eigenvalue weighted by atomic mass is 79.9. The summed E-state index contributed by atoms with van der Waals surface area (Å²) in [5, 5.41) is 9.64. The van der Waals surface area contributed by atoms with Crippen molar-refractivity contribution in [3.05, 3.63) is 16.7 Å². The molecule has 7 heteroatoms. The number of aliphatic hydroxyl groups excluding tert-OH is 1. The lowest BCUT2D eigenvalue weighted by Crippen LogP contribution is -2.27. The Balaban J connectivity index is 3.32. The molecule has 1 aromatic heterocycles. The number of halogens is 1. The van der Waals surface area contributed by atoms with Gasteiger partial charge in [-0.2, -0.15) is 0 Å². The van der Waals surface area contributed by atoms with Gasteiger partial charge in [0.15, 0.2) is 5.44 Å². The SMILES string of the molecule is CC(C)C(O)S(=O)(=O)c1cc(Br)cnc1N. The van der Waals surface area contributed by atoms with Crippen molar-refractivity contribution in [2.24, 2.45) is 5.92 Å². The minimum absolute atomic E-state index is 0.108. The number of sulfone groups is 1. The van der Waals surface area contributed by atoms with Crippen molar-refractivity contribution in [2.75, 3.05) is 5.73 Å². The Morgan fingerprint density at radius 1 is 1.50 bits per heavy atom. The number of rotatable bonds is 3. The molecule has 1 aromatic rings. The van der Waals surface area contributed by atoms with E-state index in [4.69, 9.17) is 5.73 Å². The highest BCUT2D eigenvalue weighted by Gasteiger charge is 2.30. The minimum atomic E-state index is -3.85. The fourth-order valence-electron chi connectivity index (χ4n) is 1.15. The van der Waals surface area contributed by atoms with Gasteiger partial charge in [0.25, 0.3) is 0 Å². The molecule has 1 atom stereocenters. The Hall–Kier alpha value is -0.660. The lowest BCUT2D eigenvalue weighted by molar-refractivity contribution is 0.199. The van der Waals surface area contributed by atoms with Gasteiger partial charge in [-0.25, -0.2) is 13.4 Å². The van der Waals surface area contributed by atoms with E-state index in [0.717, 1.165) is 0 Å². The molecule has 5 nitrogen and oxygen atoms in total. The molecule has 0 saturated carbocycles. The van der Waals surface area contributed by atoms with Crippen LogP contribution in [0.2, 0.25) is 0 Å². The predicted molar refractivity (Wildman–Crippen MR) is 64.4 cm³/mol. The van der Waals surface area contributed by atoms with E-state index in [0.29, 0.717) is 4.47 Å². The van der Waals surface area contributed by atoms with Crippen molar-refractivity contribution in [1.29, 1.82) is 0 Å². The maximum absolute atomic E-state index is 12.0. The van der Waals surface area contributed by atoms with Crippen molar-refractivity contribution in [3.8, 4) is 0 Å². The summed E-state index contributed by atoms with van der Waals surface area (Å²) in [5.41, 5.74) is 4.01. The largest absolute Gasteiger partial charge is 0.383 e. The highest BCUT2D eigenvalue weighted by molar-refractivity contribution is 9.10. The quantitative estimate of drug-likeness (QED) is 0.874. The van der Waals surface area contributed by atoms with Gasteiger partial charge in [-0.15, -0.1) is 0 Å². The van der Waals surface area contributed by atoms with Crippen LogP contribution in [0.3, 0.4) is 0 Å². The molecule has 1 unspecified atom stereocenters. The first-order valence-electron chi connectivity index (χ1n) is 4.59. The Morgan fingerprint density at radius 2 is 2.06 bits per heavy atom. The fraction of sp³-hybridized carbons (Fsp3) is 0.444. The van der Waals surface area contributed by atoms with Gasteiger partial charge < -0.3 is 10.8 Å². The second kappa shape index (κ2) is 4.68. The molecule has 0 aliphatic heterocycles. The second-order valence-corrected chi connectivity index (χ2v) is 6.65. The van der Waals surface area contributed by atoms with Crippen molar-refractivity contribution < 1.29 is 13.5 Å². The Labute approximate surface area is 103 Å². The number of hydrogen-bond acceptors (Lipinski definition) is 5. The number of pyridine rings is 1. The van der Waals surface area contributed by atoms with Crippen LogP contribution in [-0.4, -0.2) is 23.9 Å². The van der Waals surface area contributed by atoms with Crippen LogP contribution in [0.15, 0.2) is 21.6 Å². The first kappa shape index (κ1) is 13.4. The van der Waals surface area contributed by atoms with Crippen LogP contribution in [-0.2, 0) is 9.84 Å². The molecule has 0 spiro atoms. The average molecular weight is 309 g/mol. The fourth-order valence-corrected chi connectivity index (χ4v) is 3.24. The maximum Gasteiger partial charge on any atom is 0.208 e. The van der Waals surface area contributed by atoms with Crippen LogP contribution in [0.25, 0.3) is 0 Å². The van der Waals surface area contributed by atoms with Crippen LogP contribution in [0.1, 0.15) is 13.8 Å². The normalized spacial score (nSPS) is 14.1. The summed E-state index contributed by atoms with van der Waals surface area (Å²) in [7, 11) is -3.85. The molecule has 0 aliphatic rings. The molecule has 0 saturated heterocycles. The molecule has 90 valence electrons. The molecule has 1 heterocycles. The average Bonchev–Trinajstić information content (AvgIpc) is 2.20. The number of nitrogen functional groups attached to an aromatic ring is 1. The molecule has 0 bridgehead atoms. The molecular formula is C9H13BrN2O3S. The van der Waals surface area contributed by atoms with Crippen LogP contribution >= 0.6 is 15.9 Å². The third-order valence-electron chi connectivity index (χ3n) is 2.04. The summed E-state index contributed by atoms with van der Waals surface area (Å²) in [6.45, 7) is 3.23. The lowest BCUT2D eigenvalue weighted by atomic mass is 10.2. The number of anilines is 1. The number of nitrogens with zero attached hydrogens (tertiary/aromatic N) is 1. The van der Waals surface area contributed by atoms with Crippen molar-refractivity contribution in [3.63, 3.8) is 0 Å². The Morgan fingerprint density at radius 3 is 2.56 bits per heavy atom. The predicted octanol–water partition coefficient (Wildman–Crippen LogP) is 1.17. The zero-order chi connectivity index (χ0) is 12.5. The van der Waals surface area contributed by atoms with Gasteiger partial charge in [-0.05, 0) is 27.9 Å². The number of hydrogen-bond donors (Lipinski definition) is 2. The van der Waals surface area contributed by atoms with Crippen LogP contribution in [0.4, 0.5) is 5.82 Å². The van der Waals surface area contributed by atoms with E-state index in [1.54, 1.807) is 13.8 Å². The lowest BCUT2D eigenvalue weighted by Gasteiger charge is -2.16. The molecule has 3 N–H and O–H groups in total. The van der Waals surface area contributed by atoms with Gasteiger partial charge >= 0.3 is 0 Å². The molecule has 0 radical (unpaired) electrons. The number of aliphatic hydroxyl groups is 1. The van der Waals surface area contributed by atoms with Gasteiger partial charge in [0, 0.05) is 10.7 Å². The molecular weight excluding hydrogens is 296 g/mol. The molecule has 0 amide bonds. The van der Waals surface area contributed by atoms with Crippen LogP contribution < -0.4 is 5.73 Å². The van der Waals surface area contributed by atoms with Gasteiger partial charge in [0.1, 0.15) is 10.7 Å². The summed E-state index contributed by atoms with van der Waals surface area (Å²) in [6.07, 6.45) is 1.40. The zero-order valence-corrected chi connectivity index (χ0v) is 11.3. The number of nitrogens with two attached hydrogens (primary N) is 1. The van der Waals surface area contributed by atoms with Crippen LogP contribution in [0.5, 0.6) is 0 Å². The first-order valence-corrected chi connectivity index (χ1v) is 6.93. The summed E-state index contributed by atoms with van der Waals surface area (Å²) in [4.78, 5) is 3.58. The van der Waals surface area contributed by atoms with Gasteiger partial charge in [0.05, 0.1) is 0 Å². The summed E-state index contributed by atoms with van der Waals surface area (Å²) in [6, 6.07) is 1.34. The smallest absolute Gasteiger partial charge is 0.208 e. The van der Waals surface area contributed by atoms with E-state index in [2.05, 4.69) is 20.9 Å². The van der Waals surface area contributed by atoms with Crippen molar-refractivity contribution >= 4 is 31.6 Å². The Bertz CT molecular complexity index is 488. The first-order chi connectivity index (χ1) is 7.26. The maximum atomic E-state index is 12.0. The third-order valence-corrected chi connectivity index (χ3v) is 4.60. The number of aromatic nitrogens is 1. The highest BCUT2D eigenvalue weighted by Crippen LogP contribution is 2.26. The van der Waals surface area contributed by atoms with E-state index in [1.807, 2.05) is 0 Å². The minimum Gasteiger partial charge on any atom is -0.383 e. The summed E-state index contributed by atoms with van der Waals surface area (Å²) >= 11 is 3.11. The topological polar surface area (TPSA) is 93.3 Å². The zero-order valence-electron chi connectivity index (χ0n) is 8.88. The van der Waals surface area contributed by atoms with Crippen LogP contribution in [0, 0.1) is 5.92 Å². The van der Waals surface area contributed by atoms with E-state index in [1.165, 1.54) is 12.3 Å². The van der Waals surface area contributed by atoms with E-state index < -0.39 is 21.2 Å². The van der Waals surface area contributed by atoms with E-state index in [-0.39, 0.29) is 10.7 Å². The van der Waals surface area contributed by atoms with E-state index in [9.17, 15) is 13.5 Å².